The predicted molar refractivity (Wildman–Crippen MR) is 29.7 cm³/mol. The first kappa shape index (κ1) is 29.3. The summed E-state index contributed by atoms with van der Waals surface area (Å²) in [6.07, 6.45) is 0. The van der Waals surface area contributed by atoms with Gasteiger partial charge >= 0.3 is 0 Å². The molecule has 0 spiro atoms. The summed E-state index contributed by atoms with van der Waals surface area (Å²) in [5, 5.41) is 0. The zero-order chi connectivity index (χ0) is 5.11. The summed E-state index contributed by atoms with van der Waals surface area (Å²) < 4.78 is 0. The van der Waals surface area contributed by atoms with E-state index in [4.69, 9.17) is 0 Å². The van der Waals surface area contributed by atoms with Crippen LogP contribution in [0.1, 0.15) is 5.56 Å². The molecule has 0 saturated carbocycles. The Morgan fingerprint density at radius 2 is 1.42 bits per heavy atom. The van der Waals surface area contributed by atoms with Crippen LogP contribution in [0.4, 0.5) is 0 Å². The minimum atomic E-state index is 0. The molecule has 0 atom stereocenters. The van der Waals surface area contributed by atoms with E-state index in [9.17, 15) is 0 Å². The van der Waals surface area contributed by atoms with E-state index in [0.717, 1.165) is 5.56 Å². The molecule has 0 N–H and O–H groups in total. The van der Waals surface area contributed by atoms with Crippen molar-refractivity contribution in [2.75, 3.05) is 0 Å². The van der Waals surface area contributed by atoms with Crippen molar-refractivity contribution in [2.45, 2.75) is 0 Å². The third-order valence-electron chi connectivity index (χ3n) is 0.773. The third kappa shape index (κ3) is 15.0. The van der Waals surface area contributed by atoms with Crippen LogP contribution in [-0.4, -0.2) is 0 Å². The maximum Gasteiger partial charge on any atom is 0 e. The first-order chi connectivity index (χ1) is 3.39. The zero-order valence-electron chi connectivity index (χ0n) is 6.06. The molecule has 0 radical (unpaired) electrons. The van der Waals surface area contributed by atoms with Gasteiger partial charge in [0.25, 0.3) is 0 Å². The first-order valence-corrected chi connectivity index (χ1v) is 2.18. The van der Waals surface area contributed by atoms with Crippen molar-refractivity contribution >= 4 is 0 Å². The first-order valence-electron chi connectivity index (χ1n) is 2.18. The second-order valence-corrected chi connectivity index (χ2v) is 1.39. The Labute approximate surface area is 146 Å². The molecular weight excluding hydrogens is 1000 g/mol. The minimum absolute atomic E-state index is 0. The van der Waals surface area contributed by atoms with Gasteiger partial charge in [0, 0.05) is 105 Å². The van der Waals surface area contributed by atoms with E-state index in [0.29, 0.717) is 0 Å². The van der Waals surface area contributed by atoms with Crippen molar-refractivity contribution in [1.29, 1.82) is 0 Å². The maximum atomic E-state index is 3.66. The molecule has 0 aliphatic heterocycles. The molecule has 66 valence electrons. The van der Waals surface area contributed by atoms with Gasteiger partial charge in [-0.2, -0.15) is 12.1 Å². The van der Waals surface area contributed by atoms with Gasteiger partial charge in [0.05, 0.1) is 0 Å². The SMILES string of the molecule is [CH2-]c1[c-]cccc1.[W].[W].[W].[W].[W]. The van der Waals surface area contributed by atoms with Crippen LogP contribution in [0.5, 0.6) is 0 Å². The van der Waals surface area contributed by atoms with Gasteiger partial charge in [-0.05, 0) is 0 Å². The largest absolute Gasteiger partial charge is 0.374 e. The van der Waals surface area contributed by atoms with E-state index >= 15 is 0 Å². The summed E-state index contributed by atoms with van der Waals surface area (Å²) in [5.74, 6) is 0. The van der Waals surface area contributed by atoms with Gasteiger partial charge in [0.2, 0.25) is 0 Å². The van der Waals surface area contributed by atoms with Gasteiger partial charge in [0.15, 0.2) is 0 Å². The van der Waals surface area contributed by atoms with Crippen LogP contribution in [0.3, 0.4) is 0 Å². The molecule has 0 bridgehead atoms. The summed E-state index contributed by atoms with van der Waals surface area (Å²) in [5.41, 5.74) is 0.947. The van der Waals surface area contributed by atoms with E-state index in [1.54, 1.807) is 0 Å². The Bertz CT molecular complexity index is 142. The van der Waals surface area contributed by atoms with Crippen LogP contribution < -0.4 is 0 Å². The fourth-order valence-electron chi connectivity index (χ4n) is 0.431. The molecular formula is C7H6W5-2. The van der Waals surface area contributed by atoms with E-state index in [-0.39, 0.29) is 105 Å². The third-order valence-corrected chi connectivity index (χ3v) is 0.773. The van der Waals surface area contributed by atoms with Crippen LogP contribution in [0.2, 0.25) is 0 Å². The summed E-state index contributed by atoms with van der Waals surface area (Å²) in [7, 11) is 0. The molecule has 12 heavy (non-hydrogen) atoms. The molecule has 0 aliphatic carbocycles. The van der Waals surface area contributed by atoms with Crippen molar-refractivity contribution in [1.82, 2.24) is 0 Å². The van der Waals surface area contributed by atoms with E-state index in [1.807, 2.05) is 24.3 Å². The van der Waals surface area contributed by atoms with Crippen LogP contribution >= 0.6 is 0 Å². The minimum Gasteiger partial charge on any atom is -0.374 e. The van der Waals surface area contributed by atoms with E-state index in [1.165, 1.54) is 0 Å². The van der Waals surface area contributed by atoms with Gasteiger partial charge in [-0.25, -0.2) is 0 Å². The van der Waals surface area contributed by atoms with Crippen molar-refractivity contribution in [3.63, 3.8) is 0 Å². The summed E-state index contributed by atoms with van der Waals surface area (Å²) in [6, 6.07) is 10.6. The Morgan fingerprint density at radius 1 is 0.917 bits per heavy atom. The zero-order valence-corrected chi connectivity index (χ0v) is 20.7. The standard InChI is InChI=1S/C7H6.5W/c1-7-5-3-2-4-6-7;;;;;/h2-5H,1H2;;;;;/q-2;;;;;. The molecule has 0 aliphatic rings. The normalized spacial score (nSPS) is 5.00. The average molecular weight is 1010 g/mol. The van der Waals surface area contributed by atoms with Gasteiger partial charge in [-0.15, -0.1) is 6.07 Å². The van der Waals surface area contributed by atoms with Crippen LogP contribution in [0, 0.1) is 13.0 Å². The second kappa shape index (κ2) is 19.2. The molecule has 0 amide bonds. The van der Waals surface area contributed by atoms with Crippen LogP contribution in [-0.2, 0) is 105 Å². The molecule has 1 rings (SSSR count). The Kier molecular flexibility index (Phi) is 46.8. The molecule has 0 nitrogen and oxygen atoms in total. The van der Waals surface area contributed by atoms with Crippen molar-refractivity contribution in [2.24, 2.45) is 0 Å². The van der Waals surface area contributed by atoms with Gasteiger partial charge in [0.1, 0.15) is 0 Å². The molecule has 0 heterocycles. The number of rotatable bonds is 0. The Hall–Kier alpha value is 2.53. The number of benzene rings is 1. The molecule has 0 fully saturated rings. The number of hydrogen-bond acceptors (Lipinski definition) is 0. The van der Waals surface area contributed by atoms with E-state index in [2.05, 4.69) is 13.0 Å². The molecule has 0 unspecified atom stereocenters. The summed E-state index contributed by atoms with van der Waals surface area (Å²) in [4.78, 5) is 0. The molecule has 5 heteroatoms. The van der Waals surface area contributed by atoms with Crippen molar-refractivity contribution in [3.8, 4) is 0 Å². The summed E-state index contributed by atoms with van der Waals surface area (Å²) >= 11 is 0. The summed E-state index contributed by atoms with van der Waals surface area (Å²) in [6.45, 7) is 3.66. The van der Waals surface area contributed by atoms with Crippen LogP contribution in [0.15, 0.2) is 24.3 Å². The average Bonchev–Trinajstić information content (AvgIpc) is 1.69. The Morgan fingerprint density at radius 3 is 1.58 bits per heavy atom. The molecule has 0 saturated heterocycles. The van der Waals surface area contributed by atoms with Gasteiger partial charge < -0.3 is 18.6 Å². The molecule has 0 aromatic heterocycles. The fraction of sp³-hybridized carbons (Fsp3) is 0. The number of hydrogen-bond donors (Lipinski definition) is 0. The van der Waals surface area contributed by atoms with E-state index < -0.39 is 0 Å². The maximum absolute atomic E-state index is 3.66. The van der Waals surface area contributed by atoms with Crippen molar-refractivity contribution in [3.05, 3.63) is 42.8 Å². The van der Waals surface area contributed by atoms with Gasteiger partial charge in [-0.1, -0.05) is 0 Å². The quantitative estimate of drug-likeness (QED) is 0.348. The molecule has 1 aromatic rings. The monoisotopic (exact) mass is 1010 g/mol. The second-order valence-electron chi connectivity index (χ2n) is 1.39. The van der Waals surface area contributed by atoms with Gasteiger partial charge in [-0.3, -0.25) is 6.07 Å². The van der Waals surface area contributed by atoms with Crippen LogP contribution in [0.25, 0.3) is 0 Å². The Balaban J connectivity index is -0.0000000327. The molecule has 1 aromatic carbocycles. The van der Waals surface area contributed by atoms with Crippen molar-refractivity contribution < 1.29 is 105 Å². The topological polar surface area (TPSA) is 0 Å². The predicted octanol–water partition coefficient (Wildman–Crippen LogP) is 1.66. The fourth-order valence-corrected chi connectivity index (χ4v) is 0.431. The smallest absolute Gasteiger partial charge is 0 e.